The largest absolute Gasteiger partial charge is 0.481 e. The van der Waals surface area contributed by atoms with E-state index in [9.17, 15) is 4.79 Å². The summed E-state index contributed by atoms with van der Waals surface area (Å²) in [5.74, 6) is -0.766. The minimum absolute atomic E-state index is 0.00810. The van der Waals surface area contributed by atoms with Crippen LogP contribution in [-0.4, -0.2) is 36.8 Å². The van der Waals surface area contributed by atoms with Gasteiger partial charge in [0.1, 0.15) is 0 Å². The molecule has 0 aromatic heterocycles. The molecular formula is C6H11N2O2. The van der Waals surface area contributed by atoms with Gasteiger partial charge in [-0.2, -0.15) is 0 Å². The fourth-order valence-corrected chi connectivity index (χ4v) is 0.998. The Morgan fingerprint density at radius 3 is 3.10 bits per heavy atom. The molecule has 0 bridgehead atoms. The lowest BCUT2D eigenvalue weighted by Crippen LogP contribution is -2.44. The van der Waals surface area contributed by atoms with Crippen LogP contribution in [0.5, 0.6) is 0 Å². The second-order valence-corrected chi connectivity index (χ2v) is 2.36. The minimum atomic E-state index is -0.766. The maximum Gasteiger partial charge on any atom is 0.305 e. The van der Waals surface area contributed by atoms with Gasteiger partial charge in [0.25, 0.3) is 0 Å². The standard InChI is InChI=1S/C6H11N2O2/c9-6(10)3-5-4-7-1-2-8-5/h5,7H,1-4H2,(H,9,10). The maximum atomic E-state index is 10.2. The first-order chi connectivity index (χ1) is 4.79. The number of hydrogen-bond donors (Lipinski definition) is 2. The molecule has 1 rings (SSSR count). The predicted molar refractivity (Wildman–Crippen MR) is 35.9 cm³/mol. The van der Waals surface area contributed by atoms with E-state index >= 15 is 0 Å². The summed E-state index contributed by atoms with van der Waals surface area (Å²) in [5.41, 5.74) is 0. The second-order valence-electron chi connectivity index (χ2n) is 2.36. The number of nitrogens with zero attached hydrogens (tertiary/aromatic N) is 1. The Morgan fingerprint density at radius 2 is 2.60 bits per heavy atom. The number of piperazine rings is 1. The van der Waals surface area contributed by atoms with Crippen molar-refractivity contribution in [3.05, 3.63) is 0 Å². The fraction of sp³-hybridized carbons (Fsp3) is 0.833. The van der Waals surface area contributed by atoms with Crippen LogP contribution in [0.2, 0.25) is 0 Å². The first kappa shape index (κ1) is 7.50. The minimum Gasteiger partial charge on any atom is -0.481 e. The van der Waals surface area contributed by atoms with Crippen LogP contribution in [0.4, 0.5) is 0 Å². The van der Waals surface area contributed by atoms with E-state index < -0.39 is 5.97 Å². The Kier molecular flexibility index (Phi) is 2.65. The van der Waals surface area contributed by atoms with Crippen LogP contribution in [-0.2, 0) is 4.79 Å². The smallest absolute Gasteiger partial charge is 0.305 e. The summed E-state index contributed by atoms with van der Waals surface area (Å²) in [6, 6.07) is -0.00810. The van der Waals surface area contributed by atoms with Gasteiger partial charge < -0.3 is 10.4 Å². The number of carbonyl (C=O) groups is 1. The summed E-state index contributed by atoms with van der Waals surface area (Å²) in [7, 11) is 0. The highest BCUT2D eigenvalue weighted by atomic mass is 16.4. The van der Waals surface area contributed by atoms with E-state index in [1.54, 1.807) is 0 Å². The zero-order chi connectivity index (χ0) is 7.40. The molecule has 1 aliphatic heterocycles. The molecule has 4 heteroatoms. The maximum absolute atomic E-state index is 10.2. The summed E-state index contributed by atoms with van der Waals surface area (Å²) in [4.78, 5) is 10.2. The van der Waals surface area contributed by atoms with Gasteiger partial charge in [0.05, 0.1) is 6.42 Å². The van der Waals surface area contributed by atoms with Crippen molar-refractivity contribution in [1.82, 2.24) is 10.6 Å². The van der Waals surface area contributed by atoms with Crippen LogP contribution in [0, 0.1) is 0 Å². The first-order valence-corrected chi connectivity index (χ1v) is 3.38. The molecule has 0 aromatic rings. The second kappa shape index (κ2) is 3.53. The summed E-state index contributed by atoms with van der Waals surface area (Å²) in [6.07, 6.45) is 0.160. The van der Waals surface area contributed by atoms with Gasteiger partial charge in [-0.3, -0.25) is 4.79 Å². The molecule has 0 saturated carbocycles. The summed E-state index contributed by atoms with van der Waals surface area (Å²) < 4.78 is 0. The zero-order valence-electron chi connectivity index (χ0n) is 5.71. The molecule has 0 amide bonds. The van der Waals surface area contributed by atoms with Gasteiger partial charge in [0, 0.05) is 25.7 Å². The molecule has 4 nitrogen and oxygen atoms in total. The van der Waals surface area contributed by atoms with Crippen molar-refractivity contribution in [3.8, 4) is 0 Å². The van der Waals surface area contributed by atoms with Crippen molar-refractivity contribution < 1.29 is 9.90 Å². The van der Waals surface area contributed by atoms with E-state index in [1.165, 1.54) is 0 Å². The van der Waals surface area contributed by atoms with Crippen LogP contribution < -0.4 is 10.6 Å². The molecule has 10 heavy (non-hydrogen) atoms. The highest BCUT2D eigenvalue weighted by molar-refractivity contribution is 5.67. The molecule has 57 valence electrons. The van der Waals surface area contributed by atoms with Crippen LogP contribution in [0.3, 0.4) is 0 Å². The van der Waals surface area contributed by atoms with Crippen LogP contribution in [0.25, 0.3) is 0 Å². The molecule has 1 fully saturated rings. The molecule has 1 aliphatic rings. The molecule has 2 N–H and O–H groups in total. The van der Waals surface area contributed by atoms with Gasteiger partial charge in [-0.1, -0.05) is 0 Å². The highest BCUT2D eigenvalue weighted by Gasteiger charge is 2.15. The van der Waals surface area contributed by atoms with Crippen molar-refractivity contribution in [2.24, 2.45) is 0 Å². The monoisotopic (exact) mass is 143 g/mol. The quantitative estimate of drug-likeness (QED) is 0.523. The van der Waals surface area contributed by atoms with Gasteiger partial charge in [-0.15, -0.1) is 0 Å². The predicted octanol–water partition coefficient (Wildman–Crippen LogP) is -0.963. The summed E-state index contributed by atoms with van der Waals surface area (Å²) in [6.45, 7) is 2.35. The normalized spacial score (nSPS) is 26.2. The third-order valence-electron chi connectivity index (χ3n) is 1.47. The molecular weight excluding hydrogens is 132 g/mol. The van der Waals surface area contributed by atoms with Crippen molar-refractivity contribution in [3.63, 3.8) is 0 Å². The average molecular weight is 143 g/mol. The average Bonchev–Trinajstić information content (AvgIpc) is 1.88. The Balaban J connectivity index is 2.19. The number of nitrogens with one attached hydrogen (secondary N) is 1. The Morgan fingerprint density at radius 1 is 1.80 bits per heavy atom. The van der Waals surface area contributed by atoms with Crippen LogP contribution in [0.15, 0.2) is 0 Å². The van der Waals surface area contributed by atoms with Crippen molar-refractivity contribution in [2.75, 3.05) is 19.6 Å². The van der Waals surface area contributed by atoms with Crippen molar-refractivity contribution in [1.29, 1.82) is 0 Å². The number of rotatable bonds is 2. The van der Waals surface area contributed by atoms with Gasteiger partial charge in [-0.05, 0) is 0 Å². The molecule has 0 aliphatic carbocycles. The molecule has 1 atom stereocenters. The SMILES string of the molecule is O=C(O)CC1CNCC[N]1. The molecule has 0 spiro atoms. The van der Waals surface area contributed by atoms with E-state index in [2.05, 4.69) is 10.6 Å². The zero-order valence-corrected chi connectivity index (χ0v) is 5.71. The molecule has 1 unspecified atom stereocenters. The Bertz CT molecular complexity index is 121. The summed E-state index contributed by atoms with van der Waals surface area (Å²) in [5, 5.41) is 15.6. The van der Waals surface area contributed by atoms with E-state index in [-0.39, 0.29) is 12.5 Å². The third-order valence-corrected chi connectivity index (χ3v) is 1.47. The lowest BCUT2D eigenvalue weighted by molar-refractivity contribution is -0.137. The Hall–Kier alpha value is -0.610. The lowest BCUT2D eigenvalue weighted by Gasteiger charge is -2.20. The van der Waals surface area contributed by atoms with Crippen molar-refractivity contribution >= 4 is 5.97 Å². The van der Waals surface area contributed by atoms with Gasteiger partial charge in [-0.25, -0.2) is 5.32 Å². The topological polar surface area (TPSA) is 63.4 Å². The lowest BCUT2D eigenvalue weighted by atomic mass is 10.2. The number of hydrogen-bond acceptors (Lipinski definition) is 2. The number of aliphatic carboxylic acids is 1. The van der Waals surface area contributed by atoms with E-state index in [0.717, 1.165) is 13.1 Å². The number of carboxylic acid groups (broad SMARTS) is 1. The molecule has 0 aromatic carbocycles. The number of carboxylic acids is 1. The van der Waals surface area contributed by atoms with E-state index in [0.29, 0.717) is 6.54 Å². The van der Waals surface area contributed by atoms with Gasteiger partial charge >= 0.3 is 5.97 Å². The Labute approximate surface area is 59.6 Å². The molecule has 1 saturated heterocycles. The van der Waals surface area contributed by atoms with Crippen LogP contribution >= 0.6 is 0 Å². The van der Waals surface area contributed by atoms with Gasteiger partial charge in [0.2, 0.25) is 0 Å². The van der Waals surface area contributed by atoms with Crippen molar-refractivity contribution in [2.45, 2.75) is 12.5 Å². The fourth-order valence-electron chi connectivity index (χ4n) is 0.998. The van der Waals surface area contributed by atoms with E-state index in [1.807, 2.05) is 0 Å². The first-order valence-electron chi connectivity index (χ1n) is 3.38. The third kappa shape index (κ3) is 2.33. The van der Waals surface area contributed by atoms with Gasteiger partial charge in [0.15, 0.2) is 0 Å². The summed E-state index contributed by atoms with van der Waals surface area (Å²) >= 11 is 0. The van der Waals surface area contributed by atoms with E-state index in [4.69, 9.17) is 5.11 Å². The molecule has 1 radical (unpaired) electrons. The molecule has 1 heterocycles. The highest BCUT2D eigenvalue weighted by Crippen LogP contribution is 1.94. The van der Waals surface area contributed by atoms with Crippen LogP contribution in [0.1, 0.15) is 6.42 Å².